The second-order valence-electron chi connectivity index (χ2n) is 5.41. The van der Waals surface area contributed by atoms with E-state index in [1.54, 1.807) is 13.8 Å². The Morgan fingerprint density at radius 1 is 1.27 bits per heavy atom. The molecule has 9 nitrogen and oxygen atoms in total. The molecule has 0 saturated heterocycles. The fourth-order valence-electron chi connectivity index (χ4n) is 2.07. The number of anilines is 2. The van der Waals surface area contributed by atoms with Crippen LogP contribution in [0.5, 0.6) is 0 Å². The van der Waals surface area contributed by atoms with Crippen LogP contribution in [0.3, 0.4) is 0 Å². The second kappa shape index (κ2) is 8.00. The average molecular weight is 381 g/mol. The molecule has 0 saturated carbocycles. The summed E-state index contributed by atoms with van der Waals surface area (Å²) in [5, 5.41) is 6.20. The van der Waals surface area contributed by atoms with Crippen LogP contribution in [-0.4, -0.2) is 44.9 Å². The van der Waals surface area contributed by atoms with Crippen LogP contribution in [0.2, 0.25) is 0 Å². The second-order valence-corrected chi connectivity index (χ2v) is 7.32. The first kappa shape index (κ1) is 19.4. The fourth-order valence-corrected chi connectivity index (χ4v) is 2.85. The number of amides is 1. The van der Waals surface area contributed by atoms with E-state index in [0.717, 1.165) is 10.6 Å². The maximum atomic E-state index is 12.2. The molecular weight excluding hydrogens is 362 g/mol. The number of hydrogen-bond acceptors (Lipinski definition) is 7. The Bertz CT molecular complexity index is 889. The lowest BCUT2D eigenvalue weighted by Gasteiger charge is -2.18. The summed E-state index contributed by atoms with van der Waals surface area (Å²) < 4.78 is 34.4. The van der Waals surface area contributed by atoms with Crippen molar-refractivity contribution in [2.75, 3.05) is 29.0 Å². The number of carbonyl (C=O) groups excluding carboxylic acids is 2. The van der Waals surface area contributed by atoms with Gasteiger partial charge in [0.05, 0.1) is 18.4 Å². The lowest BCUT2D eigenvalue weighted by Crippen LogP contribution is -2.37. The third kappa shape index (κ3) is 5.06. The number of benzene rings is 1. The molecule has 1 N–H and O–H groups in total. The van der Waals surface area contributed by atoms with E-state index < -0.39 is 28.4 Å². The summed E-state index contributed by atoms with van der Waals surface area (Å²) in [5.74, 6) is -0.587. The fraction of sp³-hybridized carbons (Fsp3) is 0.312. The Labute approximate surface area is 151 Å². The van der Waals surface area contributed by atoms with Gasteiger partial charge in [-0.2, -0.15) is 0 Å². The molecule has 2 rings (SSSR count). The normalized spacial score (nSPS) is 11.0. The number of rotatable bonds is 7. The van der Waals surface area contributed by atoms with Crippen molar-refractivity contribution in [3.63, 3.8) is 0 Å². The van der Waals surface area contributed by atoms with Crippen molar-refractivity contribution in [1.29, 1.82) is 0 Å². The molecule has 1 aromatic carbocycles. The van der Waals surface area contributed by atoms with E-state index in [9.17, 15) is 18.0 Å². The zero-order valence-electron chi connectivity index (χ0n) is 14.6. The van der Waals surface area contributed by atoms with Crippen LogP contribution in [0.4, 0.5) is 11.5 Å². The van der Waals surface area contributed by atoms with E-state index in [4.69, 9.17) is 9.26 Å². The number of sulfonamides is 1. The topological polar surface area (TPSA) is 119 Å². The van der Waals surface area contributed by atoms with E-state index >= 15 is 0 Å². The molecule has 1 heterocycles. The minimum Gasteiger partial charge on any atom is -0.462 e. The Balaban J connectivity index is 2.07. The van der Waals surface area contributed by atoms with Gasteiger partial charge >= 0.3 is 5.97 Å². The summed E-state index contributed by atoms with van der Waals surface area (Å²) in [7, 11) is -3.73. The number of hydrogen-bond donors (Lipinski definition) is 1. The molecule has 140 valence electrons. The molecule has 26 heavy (non-hydrogen) atoms. The highest BCUT2D eigenvalue weighted by atomic mass is 32.2. The highest BCUT2D eigenvalue weighted by molar-refractivity contribution is 7.92. The SMILES string of the molecule is CCOC(=O)c1ccc(NC(=O)CN(c2cc(C)on2)S(C)(=O)=O)cc1. The van der Waals surface area contributed by atoms with E-state index in [0.29, 0.717) is 17.0 Å². The summed E-state index contributed by atoms with van der Waals surface area (Å²) in [4.78, 5) is 23.8. The number of carbonyl (C=O) groups is 2. The molecule has 2 aromatic rings. The van der Waals surface area contributed by atoms with Crippen LogP contribution < -0.4 is 9.62 Å². The predicted octanol–water partition coefficient (Wildman–Crippen LogP) is 1.56. The summed E-state index contributed by atoms with van der Waals surface area (Å²) in [5.41, 5.74) is 0.758. The average Bonchev–Trinajstić information content (AvgIpc) is 2.98. The van der Waals surface area contributed by atoms with Crippen molar-refractivity contribution >= 4 is 33.4 Å². The number of ether oxygens (including phenoxy) is 1. The van der Waals surface area contributed by atoms with Crippen LogP contribution in [0.1, 0.15) is 23.0 Å². The zero-order valence-corrected chi connectivity index (χ0v) is 15.4. The van der Waals surface area contributed by atoms with Gasteiger partial charge in [-0.15, -0.1) is 0 Å². The van der Waals surface area contributed by atoms with Gasteiger partial charge in [0.1, 0.15) is 12.3 Å². The van der Waals surface area contributed by atoms with E-state index in [1.807, 2.05) is 0 Å². The van der Waals surface area contributed by atoms with Crippen LogP contribution >= 0.6 is 0 Å². The highest BCUT2D eigenvalue weighted by Crippen LogP contribution is 2.17. The van der Waals surface area contributed by atoms with Crippen LogP contribution in [-0.2, 0) is 19.6 Å². The Morgan fingerprint density at radius 2 is 1.92 bits per heavy atom. The van der Waals surface area contributed by atoms with Gasteiger partial charge < -0.3 is 14.6 Å². The molecule has 0 radical (unpaired) electrons. The van der Waals surface area contributed by atoms with Gasteiger partial charge in [-0.3, -0.25) is 4.79 Å². The number of esters is 1. The van der Waals surface area contributed by atoms with Crippen LogP contribution in [0.15, 0.2) is 34.9 Å². The molecule has 0 atom stereocenters. The smallest absolute Gasteiger partial charge is 0.338 e. The molecule has 0 bridgehead atoms. The van der Waals surface area contributed by atoms with Gasteiger partial charge in [0.25, 0.3) is 0 Å². The summed E-state index contributed by atoms with van der Waals surface area (Å²) in [6.45, 7) is 3.11. The van der Waals surface area contributed by atoms with E-state index in [1.165, 1.54) is 30.3 Å². The number of nitrogens with one attached hydrogen (secondary N) is 1. The Kier molecular flexibility index (Phi) is 5.98. The first-order chi connectivity index (χ1) is 12.2. The van der Waals surface area contributed by atoms with Crippen LogP contribution in [0, 0.1) is 6.92 Å². The lowest BCUT2D eigenvalue weighted by molar-refractivity contribution is -0.114. The maximum Gasteiger partial charge on any atom is 0.338 e. The summed E-state index contributed by atoms with van der Waals surface area (Å²) in [6, 6.07) is 7.47. The van der Waals surface area contributed by atoms with Gasteiger partial charge in [-0.05, 0) is 38.1 Å². The van der Waals surface area contributed by atoms with Gasteiger partial charge in [-0.25, -0.2) is 17.5 Å². The van der Waals surface area contributed by atoms with Crippen molar-refractivity contribution in [2.24, 2.45) is 0 Å². The Hall–Kier alpha value is -2.88. The standard InChI is InChI=1S/C16H19N3O6S/c1-4-24-16(21)12-5-7-13(8-6-12)17-15(20)10-19(26(3,22)23)14-9-11(2)25-18-14/h5-9H,4,10H2,1-3H3,(H,17,20). The maximum absolute atomic E-state index is 12.2. The lowest BCUT2D eigenvalue weighted by atomic mass is 10.2. The first-order valence-corrected chi connectivity index (χ1v) is 9.53. The van der Waals surface area contributed by atoms with Crippen molar-refractivity contribution in [3.05, 3.63) is 41.7 Å². The number of aromatic nitrogens is 1. The molecule has 0 spiro atoms. The monoisotopic (exact) mass is 381 g/mol. The molecular formula is C16H19N3O6S. The summed E-state index contributed by atoms with van der Waals surface area (Å²) in [6.07, 6.45) is 0.971. The number of nitrogens with zero attached hydrogens (tertiary/aromatic N) is 2. The highest BCUT2D eigenvalue weighted by Gasteiger charge is 2.24. The largest absolute Gasteiger partial charge is 0.462 e. The number of aryl methyl sites for hydroxylation is 1. The molecule has 0 aliphatic heterocycles. The molecule has 0 aliphatic carbocycles. The minimum absolute atomic E-state index is 0.0257. The van der Waals surface area contributed by atoms with Gasteiger partial charge in [0.2, 0.25) is 15.9 Å². The minimum atomic E-state index is -3.73. The Morgan fingerprint density at radius 3 is 2.42 bits per heavy atom. The summed E-state index contributed by atoms with van der Waals surface area (Å²) >= 11 is 0. The third-order valence-electron chi connectivity index (χ3n) is 3.24. The van der Waals surface area contributed by atoms with Gasteiger partial charge in [-0.1, -0.05) is 5.16 Å². The van der Waals surface area contributed by atoms with Crippen molar-refractivity contribution in [3.8, 4) is 0 Å². The van der Waals surface area contributed by atoms with Gasteiger partial charge in [0.15, 0.2) is 5.82 Å². The van der Waals surface area contributed by atoms with Crippen LogP contribution in [0.25, 0.3) is 0 Å². The van der Waals surface area contributed by atoms with Crippen molar-refractivity contribution in [1.82, 2.24) is 5.16 Å². The van der Waals surface area contributed by atoms with Gasteiger partial charge in [0, 0.05) is 11.8 Å². The molecule has 0 fully saturated rings. The third-order valence-corrected chi connectivity index (χ3v) is 4.36. The molecule has 0 aliphatic rings. The van der Waals surface area contributed by atoms with E-state index in [-0.39, 0.29) is 12.4 Å². The van der Waals surface area contributed by atoms with Crippen molar-refractivity contribution in [2.45, 2.75) is 13.8 Å². The molecule has 1 aromatic heterocycles. The zero-order chi connectivity index (χ0) is 19.3. The quantitative estimate of drug-likeness (QED) is 0.723. The molecule has 10 heteroatoms. The van der Waals surface area contributed by atoms with Crippen molar-refractivity contribution < 1.29 is 27.3 Å². The molecule has 0 unspecified atom stereocenters. The first-order valence-electron chi connectivity index (χ1n) is 7.68. The molecule has 1 amide bonds. The van der Waals surface area contributed by atoms with E-state index in [2.05, 4.69) is 10.5 Å². The predicted molar refractivity (Wildman–Crippen MR) is 94.5 cm³/mol.